The van der Waals surface area contributed by atoms with Crippen molar-refractivity contribution >= 4 is 11.9 Å². The Balaban J connectivity index is 3.64. The summed E-state index contributed by atoms with van der Waals surface area (Å²) < 4.78 is 20.9. The van der Waals surface area contributed by atoms with E-state index in [2.05, 4.69) is 0 Å². The number of rotatable bonds is 8. The van der Waals surface area contributed by atoms with Crippen LogP contribution in [0.2, 0.25) is 0 Å². The van der Waals surface area contributed by atoms with Gasteiger partial charge in [-0.25, -0.2) is 0 Å². The number of benzene rings is 1. The molecule has 6 nitrogen and oxygen atoms in total. The molecule has 0 saturated carbocycles. The predicted octanol–water partition coefficient (Wildman–Crippen LogP) is 3.42. The van der Waals surface area contributed by atoms with Gasteiger partial charge in [-0.2, -0.15) is 0 Å². The topological polar surface area (TPSA) is 71.1 Å². The van der Waals surface area contributed by atoms with E-state index >= 15 is 0 Å². The van der Waals surface area contributed by atoms with Crippen LogP contribution >= 0.6 is 0 Å². The molecule has 6 heteroatoms. The Morgan fingerprint density at radius 3 is 1.96 bits per heavy atom. The van der Waals surface area contributed by atoms with Crippen LogP contribution in [-0.4, -0.2) is 40.4 Å². The molecule has 1 unspecified atom stereocenters. The van der Waals surface area contributed by atoms with Crippen molar-refractivity contribution in [3.8, 4) is 11.5 Å². The largest absolute Gasteiger partial charge is 0.496 e. The van der Waals surface area contributed by atoms with Gasteiger partial charge in [0.05, 0.1) is 33.9 Å². The van der Waals surface area contributed by atoms with E-state index in [-0.39, 0.29) is 18.4 Å². The average Bonchev–Trinajstić information content (AvgIpc) is 2.64. The van der Waals surface area contributed by atoms with Crippen LogP contribution in [0, 0.1) is 12.3 Å². The van der Waals surface area contributed by atoms with Crippen LogP contribution in [0.15, 0.2) is 12.1 Å². The lowest BCUT2D eigenvalue weighted by molar-refractivity contribution is -0.156. The molecule has 1 aromatic carbocycles. The van der Waals surface area contributed by atoms with Gasteiger partial charge in [0.2, 0.25) is 0 Å². The zero-order valence-electron chi connectivity index (χ0n) is 17.0. The van der Waals surface area contributed by atoms with Crippen molar-refractivity contribution in [1.29, 1.82) is 0 Å². The van der Waals surface area contributed by atoms with Crippen molar-refractivity contribution in [3.63, 3.8) is 0 Å². The molecule has 0 aliphatic carbocycles. The average molecular weight is 366 g/mol. The zero-order chi connectivity index (χ0) is 20.1. The second-order valence-corrected chi connectivity index (χ2v) is 7.05. The van der Waals surface area contributed by atoms with E-state index in [0.29, 0.717) is 17.9 Å². The molecule has 0 bridgehead atoms. The Morgan fingerprint density at radius 1 is 0.923 bits per heavy atom. The molecular weight excluding hydrogens is 336 g/mol. The van der Waals surface area contributed by atoms with Crippen LogP contribution < -0.4 is 9.47 Å². The first-order valence-corrected chi connectivity index (χ1v) is 8.47. The molecule has 1 atom stereocenters. The normalized spacial score (nSPS) is 13.5. The van der Waals surface area contributed by atoms with E-state index in [9.17, 15) is 9.59 Å². The van der Waals surface area contributed by atoms with Gasteiger partial charge in [-0.05, 0) is 44.9 Å². The van der Waals surface area contributed by atoms with Gasteiger partial charge in [0.15, 0.2) is 0 Å². The van der Waals surface area contributed by atoms with E-state index in [1.165, 1.54) is 14.2 Å². The molecular formula is C20H30O6. The summed E-state index contributed by atoms with van der Waals surface area (Å²) >= 11 is 0. The minimum absolute atomic E-state index is 0.159. The van der Waals surface area contributed by atoms with Crippen molar-refractivity contribution in [3.05, 3.63) is 23.3 Å². The number of methoxy groups -OCH3 is 4. The lowest BCUT2D eigenvalue weighted by Crippen LogP contribution is -2.46. The summed E-state index contributed by atoms with van der Waals surface area (Å²) in [6.07, 6.45) is 0.539. The SMILES string of the molecule is COC(=O)CCC(C)(c1cc(OC)c(C)cc1OC)C(C)(C)C(=O)OC. The standard InChI is InChI=1S/C20H30O6/c1-13-11-16(24-6)14(12-15(13)23-5)20(4,10-9-17(21)25-7)19(2,3)18(22)26-8/h11-12H,9-10H2,1-8H3. The molecule has 0 aromatic heterocycles. The third-order valence-corrected chi connectivity index (χ3v) is 5.44. The molecule has 0 aliphatic rings. The minimum Gasteiger partial charge on any atom is -0.496 e. The van der Waals surface area contributed by atoms with Gasteiger partial charge >= 0.3 is 11.9 Å². The quantitative estimate of drug-likeness (QED) is 0.657. The van der Waals surface area contributed by atoms with Crippen molar-refractivity contribution in [2.24, 2.45) is 5.41 Å². The maximum Gasteiger partial charge on any atom is 0.312 e. The number of hydrogen-bond donors (Lipinski definition) is 0. The van der Waals surface area contributed by atoms with E-state index in [1.807, 2.05) is 39.8 Å². The number of carbonyl (C=O) groups is 2. The number of carbonyl (C=O) groups excluding carboxylic acids is 2. The van der Waals surface area contributed by atoms with Crippen LogP contribution in [0.5, 0.6) is 11.5 Å². The molecule has 0 aliphatic heterocycles. The summed E-state index contributed by atoms with van der Waals surface area (Å²) in [5, 5.41) is 0. The fourth-order valence-corrected chi connectivity index (χ4v) is 3.20. The van der Waals surface area contributed by atoms with Crippen LogP contribution in [0.3, 0.4) is 0 Å². The Morgan fingerprint density at radius 2 is 1.50 bits per heavy atom. The maximum atomic E-state index is 12.6. The van der Waals surface area contributed by atoms with E-state index in [4.69, 9.17) is 18.9 Å². The van der Waals surface area contributed by atoms with Crippen molar-refractivity contribution in [1.82, 2.24) is 0 Å². The van der Waals surface area contributed by atoms with Crippen LogP contribution in [0.4, 0.5) is 0 Å². The molecule has 0 fully saturated rings. The zero-order valence-corrected chi connectivity index (χ0v) is 17.0. The van der Waals surface area contributed by atoms with Gasteiger partial charge in [-0.3, -0.25) is 9.59 Å². The summed E-state index contributed by atoms with van der Waals surface area (Å²) in [6.45, 7) is 7.46. The molecule has 0 radical (unpaired) electrons. The van der Waals surface area contributed by atoms with Gasteiger partial charge in [0.1, 0.15) is 11.5 Å². The Hall–Kier alpha value is -2.24. The fraction of sp³-hybridized carbons (Fsp3) is 0.600. The molecule has 0 saturated heterocycles. The molecule has 0 heterocycles. The second kappa shape index (κ2) is 8.43. The molecule has 0 amide bonds. The van der Waals surface area contributed by atoms with E-state index in [0.717, 1.165) is 11.1 Å². The Bertz CT molecular complexity index is 665. The Kier molecular flexibility index (Phi) is 7.07. The summed E-state index contributed by atoms with van der Waals surface area (Å²) in [7, 11) is 5.88. The highest BCUT2D eigenvalue weighted by molar-refractivity contribution is 5.79. The third-order valence-electron chi connectivity index (χ3n) is 5.44. The lowest BCUT2D eigenvalue weighted by atomic mass is 9.60. The van der Waals surface area contributed by atoms with E-state index in [1.54, 1.807) is 14.2 Å². The van der Waals surface area contributed by atoms with Crippen molar-refractivity contribution in [2.45, 2.75) is 46.0 Å². The smallest absolute Gasteiger partial charge is 0.312 e. The molecule has 146 valence electrons. The van der Waals surface area contributed by atoms with Gasteiger partial charge < -0.3 is 18.9 Å². The van der Waals surface area contributed by atoms with Gasteiger partial charge in [-0.15, -0.1) is 0 Å². The monoisotopic (exact) mass is 366 g/mol. The van der Waals surface area contributed by atoms with Gasteiger partial charge in [0, 0.05) is 17.4 Å². The molecule has 0 N–H and O–H groups in total. The highest BCUT2D eigenvalue weighted by atomic mass is 16.5. The van der Waals surface area contributed by atoms with Crippen molar-refractivity contribution in [2.75, 3.05) is 28.4 Å². The first kappa shape index (κ1) is 21.8. The second-order valence-electron chi connectivity index (χ2n) is 7.05. The highest BCUT2D eigenvalue weighted by Crippen LogP contribution is 2.50. The minimum atomic E-state index is -0.927. The number of hydrogen-bond acceptors (Lipinski definition) is 6. The lowest BCUT2D eigenvalue weighted by Gasteiger charge is -2.43. The fourth-order valence-electron chi connectivity index (χ4n) is 3.20. The molecule has 0 spiro atoms. The number of esters is 2. The third kappa shape index (κ3) is 3.94. The summed E-state index contributed by atoms with van der Waals surface area (Å²) in [4.78, 5) is 24.4. The predicted molar refractivity (Wildman–Crippen MR) is 98.7 cm³/mol. The van der Waals surface area contributed by atoms with Gasteiger partial charge in [0.25, 0.3) is 0 Å². The number of aryl methyl sites for hydroxylation is 1. The summed E-state index contributed by atoms with van der Waals surface area (Å²) in [6, 6.07) is 3.74. The molecule has 26 heavy (non-hydrogen) atoms. The first-order chi connectivity index (χ1) is 12.1. The molecule has 1 rings (SSSR count). The summed E-state index contributed by atoms with van der Waals surface area (Å²) in [5.74, 6) is 0.611. The van der Waals surface area contributed by atoms with E-state index < -0.39 is 10.8 Å². The Labute approximate surface area is 155 Å². The van der Waals surface area contributed by atoms with Crippen LogP contribution in [0.1, 0.15) is 44.7 Å². The van der Waals surface area contributed by atoms with Gasteiger partial charge in [-0.1, -0.05) is 6.92 Å². The highest BCUT2D eigenvalue weighted by Gasteiger charge is 2.50. The number of ether oxygens (including phenoxy) is 4. The maximum absolute atomic E-state index is 12.6. The van der Waals surface area contributed by atoms with Crippen LogP contribution in [-0.2, 0) is 24.5 Å². The molecule has 1 aromatic rings. The summed E-state index contributed by atoms with van der Waals surface area (Å²) in [5.41, 5.74) is 0.00486. The van der Waals surface area contributed by atoms with Crippen LogP contribution in [0.25, 0.3) is 0 Å². The first-order valence-electron chi connectivity index (χ1n) is 8.47. The van der Waals surface area contributed by atoms with Crippen molar-refractivity contribution < 1.29 is 28.5 Å².